The fraction of sp³-hybridized carbons (Fsp3) is 0.889. The monoisotopic (exact) mass is 323 g/mol. The fourth-order valence-electron chi connectivity index (χ4n) is 1.21. The van der Waals surface area contributed by atoms with Gasteiger partial charge in [-0.3, -0.25) is 4.79 Å². The van der Waals surface area contributed by atoms with Gasteiger partial charge in [0, 0.05) is 6.42 Å². The van der Waals surface area contributed by atoms with Crippen molar-refractivity contribution < 1.29 is 31.5 Å². The van der Waals surface area contributed by atoms with E-state index in [0.717, 1.165) is 0 Å². The normalized spacial score (nSPS) is 14.3. The van der Waals surface area contributed by atoms with Crippen LogP contribution in [0.2, 0.25) is 0 Å². The van der Waals surface area contributed by atoms with E-state index < -0.39 is 46.8 Å². The third kappa shape index (κ3) is 10.0. The zero-order valence-corrected chi connectivity index (χ0v) is 11.9. The van der Waals surface area contributed by atoms with Gasteiger partial charge in [-0.15, -0.1) is 0 Å². The lowest BCUT2D eigenvalue weighted by atomic mass is 10.2. The van der Waals surface area contributed by atoms with E-state index in [-0.39, 0.29) is 6.42 Å². The van der Waals surface area contributed by atoms with Crippen LogP contribution >= 0.6 is 11.8 Å². The Hall–Kier alpha value is -0.480. The summed E-state index contributed by atoms with van der Waals surface area (Å²) in [6, 6.07) is -1.30. The predicted octanol–water partition coefficient (Wildman–Crippen LogP) is 1.45. The highest BCUT2D eigenvalue weighted by Gasteiger charge is 2.29. The van der Waals surface area contributed by atoms with E-state index in [0.29, 0.717) is 5.75 Å². The molecule has 0 spiro atoms. The van der Waals surface area contributed by atoms with E-state index in [2.05, 4.69) is 0 Å². The van der Waals surface area contributed by atoms with Crippen LogP contribution in [0, 0.1) is 0 Å². The Morgan fingerprint density at radius 2 is 2.00 bits per heavy atom. The molecule has 0 aromatic rings. The number of alkyl halides is 3. The van der Waals surface area contributed by atoms with Gasteiger partial charge in [0.05, 0.1) is 5.75 Å². The molecule has 2 N–H and O–H groups in total. The number of carboxylic acids is 1. The van der Waals surface area contributed by atoms with Crippen molar-refractivity contribution in [3.8, 4) is 0 Å². The second-order valence-electron chi connectivity index (χ2n) is 3.83. The van der Waals surface area contributed by atoms with E-state index in [1.54, 1.807) is 6.26 Å². The summed E-state index contributed by atoms with van der Waals surface area (Å²) < 4.78 is 60.4. The molecule has 0 saturated heterocycles. The van der Waals surface area contributed by atoms with E-state index in [1.165, 1.54) is 11.8 Å². The fourth-order valence-corrected chi connectivity index (χ4v) is 2.97. The van der Waals surface area contributed by atoms with Crippen molar-refractivity contribution in [2.24, 2.45) is 0 Å². The number of hydrogen-bond acceptors (Lipinski definition) is 4. The molecular weight excluding hydrogens is 307 g/mol. The average molecular weight is 323 g/mol. The minimum atomic E-state index is -4.42. The van der Waals surface area contributed by atoms with Crippen LogP contribution in [0.4, 0.5) is 13.2 Å². The first-order chi connectivity index (χ1) is 8.57. The van der Waals surface area contributed by atoms with Gasteiger partial charge in [-0.25, -0.2) is 13.1 Å². The van der Waals surface area contributed by atoms with Crippen LogP contribution < -0.4 is 4.72 Å². The molecule has 0 fully saturated rings. The molecule has 1 atom stereocenters. The first-order valence-corrected chi connectivity index (χ1v) is 8.40. The third-order valence-electron chi connectivity index (χ3n) is 2.10. The molecule has 0 aliphatic carbocycles. The molecule has 19 heavy (non-hydrogen) atoms. The van der Waals surface area contributed by atoms with Crippen molar-refractivity contribution in [2.45, 2.75) is 31.5 Å². The summed E-state index contributed by atoms with van der Waals surface area (Å²) in [5.74, 6) is -1.65. The van der Waals surface area contributed by atoms with Crippen LogP contribution in [0.3, 0.4) is 0 Å². The molecule has 114 valence electrons. The number of hydrogen-bond donors (Lipinski definition) is 2. The van der Waals surface area contributed by atoms with Gasteiger partial charge in [-0.1, -0.05) is 0 Å². The number of carbonyl (C=O) groups is 1. The number of rotatable bonds is 9. The predicted molar refractivity (Wildman–Crippen MR) is 66.6 cm³/mol. The van der Waals surface area contributed by atoms with E-state index in [1.807, 2.05) is 4.72 Å². The third-order valence-corrected chi connectivity index (χ3v) is 4.22. The van der Waals surface area contributed by atoms with Gasteiger partial charge < -0.3 is 5.11 Å². The highest BCUT2D eigenvalue weighted by atomic mass is 32.2. The van der Waals surface area contributed by atoms with Crippen molar-refractivity contribution in [1.29, 1.82) is 0 Å². The first kappa shape index (κ1) is 18.5. The maximum atomic E-state index is 11.9. The molecule has 0 unspecified atom stereocenters. The summed E-state index contributed by atoms with van der Waals surface area (Å²) in [5.41, 5.74) is 0. The summed E-state index contributed by atoms with van der Waals surface area (Å²) in [4.78, 5) is 10.8. The number of thioether (sulfide) groups is 1. The number of halogens is 3. The number of nitrogens with one attached hydrogen (secondary N) is 1. The van der Waals surface area contributed by atoms with Crippen LogP contribution in [0.25, 0.3) is 0 Å². The molecule has 5 nitrogen and oxygen atoms in total. The lowest BCUT2D eigenvalue weighted by Crippen LogP contribution is -2.42. The summed E-state index contributed by atoms with van der Waals surface area (Å²) in [5, 5.41) is 8.80. The van der Waals surface area contributed by atoms with E-state index >= 15 is 0 Å². The minimum Gasteiger partial charge on any atom is -0.480 e. The maximum Gasteiger partial charge on any atom is 0.389 e. The number of sulfonamides is 1. The highest BCUT2D eigenvalue weighted by molar-refractivity contribution is 7.98. The van der Waals surface area contributed by atoms with Gasteiger partial charge >= 0.3 is 12.1 Å². The summed E-state index contributed by atoms with van der Waals surface area (Å²) in [6.07, 6.45) is -4.41. The Bertz CT molecular complexity index is 383. The zero-order valence-electron chi connectivity index (χ0n) is 10.2. The largest absolute Gasteiger partial charge is 0.480 e. The first-order valence-electron chi connectivity index (χ1n) is 5.36. The van der Waals surface area contributed by atoms with Crippen LogP contribution in [-0.2, 0) is 14.8 Å². The smallest absolute Gasteiger partial charge is 0.389 e. The summed E-state index contributed by atoms with van der Waals surface area (Å²) >= 11 is 1.35. The Morgan fingerprint density at radius 1 is 1.42 bits per heavy atom. The molecule has 0 amide bonds. The molecule has 0 heterocycles. The topological polar surface area (TPSA) is 83.5 Å². The summed E-state index contributed by atoms with van der Waals surface area (Å²) in [7, 11) is -4.02. The molecule has 0 radical (unpaired) electrons. The Labute approximate surface area is 114 Å². The van der Waals surface area contributed by atoms with Crippen molar-refractivity contribution in [3.63, 3.8) is 0 Å². The number of aliphatic carboxylic acids is 1. The Balaban J connectivity index is 4.35. The quantitative estimate of drug-likeness (QED) is 0.671. The second kappa shape index (κ2) is 7.95. The van der Waals surface area contributed by atoms with Gasteiger partial charge in [-0.2, -0.15) is 24.9 Å². The standard InChI is InChI=1S/C9H16F3NO4S2/c1-18-5-3-7(8(14)15)13-19(16,17)6-2-4-9(10,11)12/h7,13H,2-6H2,1H3,(H,14,15)/t7-/m0/s1. The lowest BCUT2D eigenvalue weighted by molar-refractivity contribution is -0.139. The van der Waals surface area contributed by atoms with Crippen molar-refractivity contribution in [1.82, 2.24) is 4.72 Å². The Morgan fingerprint density at radius 3 is 2.42 bits per heavy atom. The molecule has 0 rings (SSSR count). The maximum absolute atomic E-state index is 11.9. The molecule has 0 saturated carbocycles. The molecule has 0 aliphatic rings. The van der Waals surface area contributed by atoms with Gasteiger partial charge in [-0.05, 0) is 24.9 Å². The van der Waals surface area contributed by atoms with Gasteiger partial charge in [0.25, 0.3) is 0 Å². The Kier molecular flexibility index (Phi) is 7.75. The average Bonchev–Trinajstić information content (AvgIpc) is 2.21. The molecule has 0 aromatic carbocycles. The van der Waals surface area contributed by atoms with Crippen LogP contribution in [0.1, 0.15) is 19.3 Å². The highest BCUT2D eigenvalue weighted by Crippen LogP contribution is 2.21. The summed E-state index contributed by atoms with van der Waals surface area (Å²) in [6.45, 7) is 0. The van der Waals surface area contributed by atoms with Crippen LogP contribution in [0.15, 0.2) is 0 Å². The molecule has 0 aliphatic heterocycles. The van der Waals surface area contributed by atoms with E-state index in [4.69, 9.17) is 5.11 Å². The van der Waals surface area contributed by atoms with Crippen molar-refractivity contribution in [3.05, 3.63) is 0 Å². The molecule has 0 aromatic heterocycles. The van der Waals surface area contributed by atoms with Crippen molar-refractivity contribution in [2.75, 3.05) is 17.8 Å². The molecular formula is C9H16F3NO4S2. The SMILES string of the molecule is CSCC[C@H](NS(=O)(=O)CCCC(F)(F)F)C(=O)O. The van der Waals surface area contributed by atoms with Crippen LogP contribution in [-0.4, -0.2) is 49.5 Å². The van der Waals surface area contributed by atoms with Crippen molar-refractivity contribution >= 4 is 27.8 Å². The van der Waals surface area contributed by atoms with Gasteiger partial charge in [0.1, 0.15) is 6.04 Å². The lowest BCUT2D eigenvalue weighted by Gasteiger charge is -2.14. The zero-order chi connectivity index (χ0) is 15.1. The van der Waals surface area contributed by atoms with Gasteiger partial charge in [0.15, 0.2) is 0 Å². The van der Waals surface area contributed by atoms with Crippen LogP contribution in [0.5, 0.6) is 0 Å². The van der Waals surface area contributed by atoms with E-state index in [9.17, 15) is 26.4 Å². The molecule has 10 heteroatoms. The number of carboxylic acid groups (broad SMARTS) is 1. The minimum absolute atomic E-state index is 0.0784. The second-order valence-corrected chi connectivity index (χ2v) is 6.69. The van der Waals surface area contributed by atoms with Gasteiger partial charge in [0.2, 0.25) is 10.0 Å². The molecule has 0 bridgehead atoms.